The van der Waals surface area contributed by atoms with Crippen LogP contribution < -0.4 is 14.2 Å². The lowest BCUT2D eigenvalue weighted by atomic mass is 9.93. The molecule has 5 heteroatoms. The van der Waals surface area contributed by atoms with Crippen LogP contribution in [0.5, 0.6) is 17.2 Å². The smallest absolute Gasteiger partial charge is 0.161 e. The highest BCUT2D eigenvalue weighted by molar-refractivity contribution is 6.04. The third-order valence-corrected chi connectivity index (χ3v) is 4.13. The molecule has 1 heterocycles. The number of fused-ring (bicyclic) bond motifs is 1. The average Bonchev–Trinajstić information content (AvgIpc) is 2.61. The summed E-state index contributed by atoms with van der Waals surface area (Å²) < 4.78 is 16.0. The van der Waals surface area contributed by atoms with E-state index in [1.54, 1.807) is 21.3 Å². The molecule has 1 aliphatic rings. The Morgan fingerprint density at radius 3 is 2.21 bits per heavy atom. The fraction of sp³-hybridized carbons (Fsp3) is 0.316. The van der Waals surface area contributed by atoms with Gasteiger partial charge in [0.1, 0.15) is 5.75 Å². The van der Waals surface area contributed by atoms with E-state index < -0.39 is 0 Å². The number of ether oxygens (including phenoxy) is 3. The topological polar surface area (TPSA) is 40.0 Å². The van der Waals surface area contributed by atoms with Crippen LogP contribution in [0.25, 0.3) is 0 Å². The van der Waals surface area contributed by atoms with Crippen molar-refractivity contribution in [2.45, 2.75) is 12.8 Å². The van der Waals surface area contributed by atoms with Crippen LogP contribution in [0.1, 0.15) is 16.7 Å². The molecule has 0 spiro atoms. The van der Waals surface area contributed by atoms with Crippen LogP contribution in [0.15, 0.2) is 41.4 Å². The van der Waals surface area contributed by atoms with Crippen LogP contribution in [0.2, 0.25) is 0 Å². The van der Waals surface area contributed by atoms with Crippen LogP contribution in [-0.4, -0.2) is 33.6 Å². The Morgan fingerprint density at radius 2 is 1.58 bits per heavy atom. The molecular weight excluding hydrogens is 326 g/mol. The van der Waals surface area contributed by atoms with Crippen LogP contribution in [0, 0.1) is 0 Å². The molecule has 0 saturated carbocycles. The number of rotatable bonds is 5. The zero-order valence-electron chi connectivity index (χ0n) is 14.2. The number of methoxy groups -OCH3 is 3. The van der Waals surface area contributed by atoms with Gasteiger partial charge >= 0.3 is 0 Å². The second kappa shape index (κ2) is 8.06. The average molecular weight is 348 g/mol. The summed E-state index contributed by atoms with van der Waals surface area (Å²) in [5.41, 5.74) is 4.73. The van der Waals surface area contributed by atoms with Crippen LogP contribution >= 0.6 is 12.4 Å². The molecule has 0 aliphatic carbocycles. The fourth-order valence-corrected chi connectivity index (χ4v) is 2.88. The zero-order chi connectivity index (χ0) is 16.2. The first-order chi connectivity index (χ1) is 11.2. The molecule has 0 bridgehead atoms. The Kier molecular flexibility index (Phi) is 6.10. The van der Waals surface area contributed by atoms with Gasteiger partial charge in [0.2, 0.25) is 0 Å². The van der Waals surface area contributed by atoms with E-state index in [1.165, 1.54) is 11.1 Å². The van der Waals surface area contributed by atoms with E-state index in [-0.39, 0.29) is 12.4 Å². The number of nitrogens with zero attached hydrogens (tertiary/aromatic N) is 1. The van der Waals surface area contributed by atoms with Crippen molar-refractivity contribution in [3.8, 4) is 17.2 Å². The third-order valence-electron chi connectivity index (χ3n) is 4.13. The Labute approximate surface area is 148 Å². The molecule has 0 saturated heterocycles. The quantitative estimate of drug-likeness (QED) is 0.827. The lowest BCUT2D eigenvalue weighted by molar-refractivity contribution is 0.354. The minimum atomic E-state index is 0. The van der Waals surface area contributed by atoms with E-state index >= 15 is 0 Å². The molecule has 0 atom stereocenters. The Balaban J connectivity index is 0.00000208. The summed E-state index contributed by atoms with van der Waals surface area (Å²) in [6, 6.07) is 12.2. The van der Waals surface area contributed by atoms with Gasteiger partial charge in [0.25, 0.3) is 0 Å². The number of halogens is 1. The van der Waals surface area contributed by atoms with Gasteiger partial charge in [0, 0.05) is 24.2 Å². The van der Waals surface area contributed by atoms with Gasteiger partial charge in [-0.3, -0.25) is 4.99 Å². The van der Waals surface area contributed by atoms with E-state index in [0.29, 0.717) is 0 Å². The highest BCUT2D eigenvalue weighted by Crippen LogP contribution is 2.33. The first-order valence-corrected chi connectivity index (χ1v) is 7.66. The Bertz CT molecular complexity index is 726. The largest absolute Gasteiger partial charge is 0.497 e. The second-order valence-corrected chi connectivity index (χ2v) is 5.47. The molecule has 0 aromatic heterocycles. The summed E-state index contributed by atoms with van der Waals surface area (Å²) >= 11 is 0. The highest BCUT2D eigenvalue weighted by atomic mass is 35.5. The molecule has 2 aromatic rings. The molecule has 0 fully saturated rings. The molecule has 3 rings (SSSR count). The minimum Gasteiger partial charge on any atom is -0.497 e. The standard InChI is InChI=1S/C19H21NO3.ClH/c1-21-15-6-4-13(5-7-15)10-17-16-12-19(23-3)18(22-2)11-14(16)8-9-20-17;/h4-7,11-12H,8-10H2,1-3H3;1H. The first-order valence-electron chi connectivity index (χ1n) is 7.66. The molecule has 24 heavy (non-hydrogen) atoms. The molecule has 2 aromatic carbocycles. The van der Waals surface area contributed by atoms with Crippen molar-refractivity contribution in [2.75, 3.05) is 27.9 Å². The predicted octanol–water partition coefficient (Wildman–Crippen LogP) is 3.72. The first kappa shape index (κ1) is 18.1. The number of aliphatic imine (C=N–C) groups is 1. The maximum absolute atomic E-state index is 5.43. The second-order valence-electron chi connectivity index (χ2n) is 5.47. The molecule has 128 valence electrons. The van der Waals surface area contributed by atoms with Crippen molar-refractivity contribution in [3.63, 3.8) is 0 Å². The molecule has 0 amide bonds. The fourth-order valence-electron chi connectivity index (χ4n) is 2.88. The summed E-state index contributed by atoms with van der Waals surface area (Å²) in [6.07, 6.45) is 1.73. The molecule has 1 aliphatic heterocycles. The zero-order valence-corrected chi connectivity index (χ0v) is 15.0. The van der Waals surface area contributed by atoms with Gasteiger partial charge in [-0.05, 0) is 41.8 Å². The minimum absolute atomic E-state index is 0. The SMILES string of the molecule is COc1ccc(CC2=NCCc3cc(OC)c(OC)cc32)cc1.Cl. The van der Waals surface area contributed by atoms with E-state index in [2.05, 4.69) is 18.2 Å². The molecule has 0 unspecified atom stereocenters. The highest BCUT2D eigenvalue weighted by Gasteiger charge is 2.18. The van der Waals surface area contributed by atoms with Crippen molar-refractivity contribution in [2.24, 2.45) is 4.99 Å². The van der Waals surface area contributed by atoms with Crippen molar-refractivity contribution in [1.29, 1.82) is 0 Å². The van der Waals surface area contributed by atoms with Crippen molar-refractivity contribution in [3.05, 3.63) is 53.1 Å². The molecule has 0 N–H and O–H groups in total. The summed E-state index contributed by atoms with van der Waals surface area (Å²) in [5, 5.41) is 0. The Morgan fingerprint density at radius 1 is 0.917 bits per heavy atom. The summed E-state index contributed by atoms with van der Waals surface area (Å²) in [5.74, 6) is 2.39. The monoisotopic (exact) mass is 347 g/mol. The third kappa shape index (κ3) is 3.65. The maximum Gasteiger partial charge on any atom is 0.161 e. The molecule has 4 nitrogen and oxygen atoms in total. The summed E-state index contributed by atoms with van der Waals surface area (Å²) in [7, 11) is 5.00. The normalized spacial score (nSPS) is 12.5. The van der Waals surface area contributed by atoms with Crippen LogP contribution in [0.3, 0.4) is 0 Å². The van der Waals surface area contributed by atoms with Crippen LogP contribution in [0.4, 0.5) is 0 Å². The van der Waals surface area contributed by atoms with E-state index in [0.717, 1.165) is 47.9 Å². The van der Waals surface area contributed by atoms with E-state index in [1.807, 2.05) is 18.2 Å². The maximum atomic E-state index is 5.43. The summed E-state index contributed by atoms with van der Waals surface area (Å²) in [4.78, 5) is 4.73. The van der Waals surface area contributed by atoms with Crippen molar-refractivity contribution in [1.82, 2.24) is 0 Å². The summed E-state index contributed by atoms with van der Waals surface area (Å²) in [6.45, 7) is 0.813. The molecule has 0 radical (unpaired) electrons. The lowest BCUT2D eigenvalue weighted by Gasteiger charge is -2.20. The van der Waals surface area contributed by atoms with Gasteiger partial charge in [-0.15, -0.1) is 12.4 Å². The molecular formula is C19H22ClNO3. The van der Waals surface area contributed by atoms with Gasteiger partial charge in [-0.2, -0.15) is 0 Å². The lowest BCUT2D eigenvalue weighted by Crippen LogP contribution is -2.16. The van der Waals surface area contributed by atoms with Gasteiger partial charge in [0.05, 0.1) is 21.3 Å². The van der Waals surface area contributed by atoms with Crippen molar-refractivity contribution < 1.29 is 14.2 Å². The Hall–Kier alpha value is -2.20. The van der Waals surface area contributed by atoms with Gasteiger partial charge in [-0.25, -0.2) is 0 Å². The van der Waals surface area contributed by atoms with Gasteiger partial charge in [-0.1, -0.05) is 12.1 Å². The van der Waals surface area contributed by atoms with Crippen molar-refractivity contribution >= 4 is 18.1 Å². The van der Waals surface area contributed by atoms with Gasteiger partial charge < -0.3 is 14.2 Å². The predicted molar refractivity (Wildman–Crippen MR) is 98.6 cm³/mol. The number of hydrogen-bond acceptors (Lipinski definition) is 4. The number of benzene rings is 2. The van der Waals surface area contributed by atoms with E-state index in [4.69, 9.17) is 19.2 Å². The van der Waals surface area contributed by atoms with Crippen LogP contribution in [-0.2, 0) is 12.8 Å². The van der Waals surface area contributed by atoms with E-state index in [9.17, 15) is 0 Å². The van der Waals surface area contributed by atoms with Gasteiger partial charge in [0.15, 0.2) is 11.5 Å². The number of hydrogen-bond donors (Lipinski definition) is 0.